The molecular formula is C9H7ClF4O. The Bertz CT molecular complexity index is 362. The Balaban J connectivity index is 3.33. The van der Waals surface area contributed by atoms with Gasteiger partial charge in [0.25, 0.3) is 0 Å². The standard InChI is InChI=1S/C9H7ClF4O/c10-6-3-5(1-2-15)8(7(11)4-6)9(12,13)14/h3-4,15H,1-2H2. The third-order valence-electron chi connectivity index (χ3n) is 1.80. The first-order chi connectivity index (χ1) is 6.86. The second kappa shape index (κ2) is 4.37. The molecule has 15 heavy (non-hydrogen) atoms. The number of aliphatic hydroxyl groups excluding tert-OH is 1. The predicted octanol–water partition coefficient (Wildman–Crippen LogP) is 3.03. The lowest BCUT2D eigenvalue weighted by Gasteiger charge is -2.13. The van der Waals surface area contributed by atoms with Crippen molar-refractivity contribution in [3.05, 3.63) is 34.1 Å². The van der Waals surface area contributed by atoms with Gasteiger partial charge in [0.15, 0.2) is 0 Å². The summed E-state index contributed by atoms with van der Waals surface area (Å²) < 4.78 is 50.2. The maximum absolute atomic E-state index is 13.0. The van der Waals surface area contributed by atoms with Gasteiger partial charge >= 0.3 is 6.18 Å². The summed E-state index contributed by atoms with van der Waals surface area (Å²) in [6, 6.07) is 1.61. The minimum Gasteiger partial charge on any atom is -0.396 e. The summed E-state index contributed by atoms with van der Waals surface area (Å²) in [5.74, 6) is -1.42. The van der Waals surface area contributed by atoms with Crippen LogP contribution in [0.1, 0.15) is 11.1 Å². The second-order valence-corrected chi connectivity index (χ2v) is 3.33. The fraction of sp³-hybridized carbons (Fsp3) is 0.333. The van der Waals surface area contributed by atoms with Crippen LogP contribution in [-0.2, 0) is 12.6 Å². The van der Waals surface area contributed by atoms with E-state index in [9.17, 15) is 17.6 Å². The molecule has 0 atom stereocenters. The fourth-order valence-electron chi connectivity index (χ4n) is 1.26. The van der Waals surface area contributed by atoms with Crippen LogP contribution in [0.5, 0.6) is 0 Å². The third-order valence-corrected chi connectivity index (χ3v) is 2.02. The molecule has 0 bridgehead atoms. The van der Waals surface area contributed by atoms with Crippen LogP contribution >= 0.6 is 11.6 Å². The first-order valence-corrected chi connectivity index (χ1v) is 4.40. The predicted molar refractivity (Wildman–Crippen MR) is 47.2 cm³/mol. The van der Waals surface area contributed by atoms with E-state index in [1.54, 1.807) is 0 Å². The van der Waals surface area contributed by atoms with Crippen LogP contribution < -0.4 is 0 Å². The first-order valence-electron chi connectivity index (χ1n) is 4.02. The summed E-state index contributed by atoms with van der Waals surface area (Å²) in [6.07, 6.45) is -5.06. The minimum atomic E-state index is -4.78. The van der Waals surface area contributed by atoms with Crippen LogP contribution in [0.15, 0.2) is 12.1 Å². The van der Waals surface area contributed by atoms with Crippen molar-refractivity contribution in [2.24, 2.45) is 0 Å². The highest BCUT2D eigenvalue weighted by molar-refractivity contribution is 6.30. The van der Waals surface area contributed by atoms with Gasteiger partial charge in [-0.2, -0.15) is 13.2 Å². The van der Waals surface area contributed by atoms with E-state index in [0.717, 1.165) is 6.07 Å². The van der Waals surface area contributed by atoms with Crippen molar-refractivity contribution >= 4 is 11.6 Å². The van der Waals surface area contributed by atoms with Crippen LogP contribution in [0.4, 0.5) is 17.6 Å². The zero-order valence-electron chi connectivity index (χ0n) is 7.41. The number of aliphatic hydroxyl groups is 1. The molecule has 0 saturated heterocycles. The van der Waals surface area contributed by atoms with Gasteiger partial charge in [-0.25, -0.2) is 4.39 Å². The molecule has 1 aromatic carbocycles. The normalized spacial score (nSPS) is 11.9. The zero-order valence-corrected chi connectivity index (χ0v) is 8.16. The van der Waals surface area contributed by atoms with E-state index in [-0.39, 0.29) is 17.0 Å². The molecule has 1 aromatic rings. The van der Waals surface area contributed by atoms with Crippen LogP contribution in [0.25, 0.3) is 0 Å². The van der Waals surface area contributed by atoms with Gasteiger partial charge in [-0.1, -0.05) is 11.6 Å². The number of hydrogen-bond acceptors (Lipinski definition) is 1. The number of halogens is 5. The lowest BCUT2D eigenvalue weighted by molar-refractivity contribution is -0.140. The summed E-state index contributed by atoms with van der Waals surface area (Å²) in [7, 11) is 0. The third kappa shape index (κ3) is 2.82. The van der Waals surface area contributed by atoms with Gasteiger partial charge < -0.3 is 5.11 Å². The van der Waals surface area contributed by atoms with Gasteiger partial charge in [0.1, 0.15) is 5.82 Å². The van der Waals surface area contributed by atoms with Gasteiger partial charge in [-0.05, 0) is 24.1 Å². The molecule has 0 aliphatic carbocycles. The average molecular weight is 243 g/mol. The van der Waals surface area contributed by atoms with Crippen LogP contribution in [-0.4, -0.2) is 11.7 Å². The highest BCUT2D eigenvalue weighted by Crippen LogP contribution is 2.35. The number of hydrogen-bond donors (Lipinski definition) is 1. The van der Waals surface area contributed by atoms with Crippen LogP contribution in [0.2, 0.25) is 5.02 Å². The largest absolute Gasteiger partial charge is 0.419 e. The van der Waals surface area contributed by atoms with Crippen molar-refractivity contribution in [1.29, 1.82) is 0 Å². The molecule has 0 radical (unpaired) electrons. The van der Waals surface area contributed by atoms with E-state index in [0.29, 0.717) is 6.07 Å². The van der Waals surface area contributed by atoms with Crippen molar-refractivity contribution in [1.82, 2.24) is 0 Å². The summed E-state index contributed by atoms with van der Waals surface area (Å²) in [5.41, 5.74) is -1.70. The maximum Gasteiger partial charge on any atom is 0.419 e. The molecule has 1 rings (SSSR count). The Hall–Kier alpha value is -0.810. The molecule has 0 amide bonds. The highest BCUT2D eigenvalue weighted by Gasteiger charge is 2.36. The lowest BCUT2D eigenvalue weighted by atomic mass is 10.0. The lowest BCUT2D eigenvalue weighted by Crippen LogP contribution is -2.13. The molecule has 0 aliphatic heterocycles. The Kier molecular flexibility index (Phi) is 3.57. The summed E-state index contributed by atoms with van der Waals surface area (Å²) in [5, 5.41) is 8.44. The minimum absolute atomic E-state index is 0.121. The molecule has 0 saturated carbocycles. The average Bonchev–Trinajstić information content (AvgIpc) is 1.99. The molecule has 0 aromatic heterocycles. The van der Waals surface area contributed by atoms with E-state index in [2.05, 4.69) is 0 Å². The quantitative estimate of drug-likeness (QED) is 0.791. The van der Waals surface area contributed by atoms with E-state index in [4.69, 9.17) is 16.7 Å². The Morgan fingerprint density at radius 2 is 1.87 bits per heavy atom. The Morgan fingerprint density at radius 3 is 2.33 bits per heavy atom. The SMILES string of the molecule is OCCc1cc(Cl)cc(F)c1C(F)(F)F. The molecule has 84 valence electrons. The van der Waals surface area contributed by atoms with Crippen molar-refractivity contribution in [2.45, 2.75) is 12.6 Å². The van der Waals surface area contributed by atoms with Crippen molar-refractivity contribution < 1.29 is 22.7 Å². The Labute approximate surface area is 88.3 Å². The van der Waals surface area contributed by atoms with Gasteiger partial charge in [0.05, 0.1) is 5.56 Å². The second-order valence-electron chi connectivity index (χ2n) is 2.89. The fourth-order valence-corrected chi connectivity index (χ4v) is 1.49. The molecule has 0 unspecified atom stereocenters. The maximum atomic E-state index is 13.0. The van der Waals surface area contributed by atoms with Gasteiger partial charge in [-0.3, -0.25) is 0 Å². The number of rotatable bonds is 2. The summed E-state index contributed by atoms with van der Waals surface area (Å²) >= 11 is 5.42. The van der Waals surface area contributed by atoms with E-state index < -0.39 is 24.2 Å². The monoisotopic (exact) mass is 242 g/mol. The van der Waals surface area contributed by atoms with Crippen LogP contribution in [0, 0.1) is 5.82 Å². The summed E-state index contributed by atoms with van der Waals surface area (Å²) in [4.78, 5) is 0. The van der Waals surface area contributed by atoms with Crippen molar-refractivity contribution in [3.8, 4) is 0 Å². The van der Waals surface area contributed by atoms with E-state index in [1.807, 2.05) is 0 Å². The van der Waals surface area contributed by atoms with Gasteiger partial charge in [-0.15, -0.1) is 0 Å². The number of alkyl halides is 3. The molecule has 1 nitrogen and oxygen atoms in total. The smallest absolute Gasteiger partial charge is 0.396 e. The molecule has 0 heterocycles. The summed E-state index contributed by atoms with van der Waals surface area (Å²) in [6.45, 7) is -0.497. The topological polar surface area (TPSA) is 20.2 Å². The molecule has 0 aliphatic rings. The van der Waals surface area contributed by atoms with E-state index in [1.165, 1.54) is 0 Å². The van der Waals surface area contributed by atoms with Crippen molar-refractivity contribution in [2.75, 3.05) is 6.61 Å². The molecule has 0 spiro atoms. The molecular weight excluding hydrogens is 236 g/mol. The zero-order chi connectivity index (χ0) is 11.6. The number of benzene rings is 1. The van der Waals surface area contributed by atoms with Gasteiger partial charge in [0, 0.05) is 11.6 Å². The molecule has 1 N–H and O–H groups in total. The van der Waals surface area contributed by atoms with Crippen molar-refractivity contribution in [3.63, 3.8) is 0 Å². The van der Waals surface area contributed by atoms with Crippen LogP contribution in [0.3, 0.4) is 0 Å². The highest BCUT2D eigenvalue weighted by atomic mass is 35.5. The molecule has 0 fully saturated rings. The van der Waals surface area contributed by atoms with E-state index >= 15 is 0 Å². The van der Waals surface area contributed by atoms with Gasteiger partial charge in [0.2, 0.25) is 0 Å². The first kappa shape index (κ1) is 12.3. The molecule has 6 heteroatoms. The Morgan fingerprint density at radius 1 is 1.27 bits per heavy atom.